The Balaban J connectivity index is 0.000000249. The van der Waals surface area contributed by atoms with E-state index in [0.717, 1.165) is 10.6 Å². The van der Waals surface area contributed by atoms with E-state index >= 15 is 0 Å². The zero-order valence-corrected chi connectivity index (χ0v) is 10.0. The molecular formula is C8H9N3O4S2. The third kappa shape index (κ3) is 5.92. The van der Waals surface area contributed by atoms with Crippen LogP contribution in [0.1, 0.15) is 0 Å². The summed E-state index contributed by atoms with van der Waals surface area (Å²) >= 11 is 1.40. The van der Waals surface area contributed by atoms with Crippen molar-refractivity contribution in [3.63, 3.8) is 0 Å². The molecule has 1 aromatic heterocycles. The fourth-order valence-corrected chi connectivity index (χ4v) is 1.55. The van der Waals surface area contributed by atoms with Gasteiger partial charge in [0.25, 0.3) is 0 Å². The average Bonchev–Trinajstić information content (AvgIpc) is 2.64. The average molecular weight is 275 g/mol. The summed E-state index contributed by atoms with van der Waals surface area (Å²) in [5, 5.41) is 9.05. The number of nitrogen functional groups attached to an aromatic ring is 1. The summed E-state index contributed by atoms with van der Waals surface area (Å²) < 4.78 is 31.6. The first-order valence-corrected chi connectivity index (χ1v) is 6.42. The smallest absolute Gasteiger partial charge is 0.374 e. The Bertz CT molecular complexity index is 559. The highest BCUT2D eigenvalue weighted by Gasteiger charge is 2.01. The Morgan fingerprint density at radius 3 is 2.06 bits per heavy atom. The second-order valence-electron chi connectivity index (χ2n) is 2.76. The van der Waals surface area contributed by atoms with E-state index in [-0.39, 0.29) is 0 Å². The standard InChI is InChI=1S/C8H7N3S.H2O4S/c9-8-11-10-7(12-8)6-4-2-1-3-5-6;1-5(2,3)4/h1-5H,(H2,9,11);(H2,1,2,3,4). The van der Waals surface area contributed by atoms with Crippen molar-refractivity contribution in [1.29, 1.82) is 0 Å². The van der Waals surface area contributed by atoms with Crippen LogP contribution in [0, 0.1) is 0 Å². The van der Waals surface area contributed by atoms with Crippen molar-refractivity contribution >= 4 is 26.9 Å². The van der Waals surface area contributed by atoms with Crippen molar-refractivity contribution in [1.82, 2.24) is 10.2 Å². The Hall–Kier alpha value is -1.55. The maximum absolute atomic E-state index is 8.74. The largest absolute Gasteiger partial charge is 0.394 e. The first kappa shape index (κ1) is 13.5. The van der Waals surface area contributed by atoms with Crippen LogP contribution in [0.3, 0.4) is 0 Å². The minimum absolute atomic E-state index is 0.508. The Labute approximate surface area is 102 Å². The van der Waals surface area contributed by atoms with Gasteiger partial charge in [0.05, 0.1) is 0 Å². The van der Waals surface area contributed by atoms with E-state index in [0.29, 0.717) is 5.13 Å². The molecule has 0 spiro atoms. The van der Waals surface area contributed by atoms with Gasteiger partial charge in [-0.3, -0.25) is 9.11 Å². The van der Waals surface area contributed by atoms with Crippen molar-refractivity contribution in [3.8, 4) is 10.6 Å². The summed E-state index contributed by atoms with van der Waals surface area (Å²) in [6, 6.07) is 9.87. The highest BCUT2D eigenvalue weighted by molar-refractivity contribution is 7.79. The second-order valence-corrected chi connectivity index (χ2v) is 4.66. The van der Waals surface area contributed by atoms with Crippen LogP contribution < -0.4 is 5.73 Å². The number of aromatic nitrogens is 2. The molecule has 0 saturated carbocycles. The van der Waals surface area contributed by atoms with Crippen LogP contribution in [-0.4, -0.2) is 27.7 Å². The van der Waals surface area contributed by atoms with Crippen molar-refractivity contribution in [2.24, 2.45) is 0 Å². The topological polar surface area (TPSA) is 126 Å². The van der Waals surface area contributed by atoms with E-state index < -0.39 is 10.4 Å². The molecule has 0 aliphatic carbocycles. The molecule has 0 amide bonds. The predicted octanol–water partition coefficient (Wildman–Crippen LogP) is 1.13. The zero-order valence-electron chi connectivity index (χ0n) is 8.39. The Morgan fingerprint density at radius 1 is 1.12 bits per heavy atom. The van der Waals surface area contributed by atoms with E-state index in [1.54, 1.807) is 0 Å². The molecule has 0 saturated heterocycles. The molecule has 0 aliphatic heterocycles. The highest BCUT2D eigenvalue weighted by Crippen LogP contribution is 2.23. The quantitative estimate of drug-likeness (QED) is 0.666. The van der Waals surface area contributed by atoms with Crippen LogP contribution >= 0.6 is 11.3 Å². The Morgan fingerprint density at radius 2 is 1.65 bits per heavy atom. The van der Waals surface area contributed by atoms with Gasteiger partial charge < -0.3 is 5.73 Å². The van der Waals surface area contributed by atoms with Gasteiger partial charge >= 0.3 is 10.4 Å². The summed E-state index contributed by atoms with van der Waals surface area (Å²) in [4.78, 5) is 0. The molecule has 1 heterocycles. The highest BCUT2D eigenvalue weighted by atomic mass is 32.3. The fourth-order valence-electron chi connectivity index (χ4n) is 0.932. The molecule has 0 bridgehead atoms. The molecule has 0 atom stereocenters. The minimum atomic E-state index is -4.67. The van der Waals surface area contributed by atoms with Crippen molar-refractivity contribution in [3.05, 3.63) is 30.3 Å². The molecule has 0 fully saturated rings. The number of nitrogens with zero attached hydrogens (tertiary/aromatic N) is 2. The minimum Gasteiger partial charge on any atom is -0.374 e. The van der Waals surface area contributed by atoms with E-state index in [2.05, 4.69) is 10.2 Å². The number of hydrogen-bond donors (Lipinski definition) is 3. The Kier molecular flexibility index (Phi) is 4.52. The van der Waals surface area contributed by atoms with Gasteiger partial charge in [0, 0.05) is 5.56 Å². The van der Waals surface area contributed by atoms with Crippen LogP contribution in [0.2, 0.25) is 0 Å². The number of benzene rings is 1. The molecule has 4 N–H and O–H groups in total. The monoisotopic (exact) mass is 275 g/mol. The van der Waals surface area contributed by atoms with Crippen LogP contribution in [0.4, 0.5) is 5.13 Å². The third-order valence-corrected chi connectivity index (χ3v) is 2.26. The molecule has 0 unspecified atom stereocenters. The molecule has 0 aliphatic rings. The molecule has 17 heavy (non-hydrogen) atoms. The van der Waals surface area contributed by atoms with Gasteiger partial charge in [0.2, 0.25) is 5.13 Å². The van der Waals surface area contributed by atoms with Gasteiger partial charge in [-0.15, -0.1) is 10.2 Å². The first-order chi connectivity index (χ1) is 7.86. The van der Waals surface area contributed by atoms with Gasteiger partial charge in [-0.2, -0.15) is 8.42 Å². The van der Waals surface area contributed by atoms with Crippen LogP contribution in [0.5, 0.6) is 0 Å². The number of hydrogen-bond acceptors (Lipinski definition) is 6. The van der Waals surface area contributed by atoms with E-state index in [1.165, 1.54) is 11.3 Å². The van der Waals surface area contributed by atoms with Gasteiger partial charge in [0.1, 0.15) is 5.01 Å². The number of nitrogens with two attached hydrogens (primary N) is 1. The van der Waals surface area contributed by atoms with E-state index in [4.69, 9.17) is 23.3 Å². The number of rotatable bonds is 1. The van der Waals surface area contributed by atoms with Crippen LogP contribution in [0.25, 0.3) is 10.6 Å². The summed E-state index contributed by atoms with van der Waals surface area (Å²) in [5.74, 6) is 0. The maximum Gasteiger partial charge on any atom is 0.394 e. The van der Waals surface area contributed by atoms with Crippen molar-refractivity contribution < 1.29 is 17.5 Å². The third-order valence-electron chi connectivity index (χ3n) is 1.46. The van der Waals surface area contributed by atoms with Crippen LogP contribution in [0.15, 0.2) is 30.3 Å². The van der Waals surface area contributed by atoms with Gasteiger partial charge in [-0.25, -0.2) is 0 Å². The number of anilines is 1. The molecule has 0 radical (unpaired) electrons. The molecule has 2 aromatic rings. The lowest BCUT2D eigenvalue weighted by molar-refractivity contribution is 0.381. The van der Waals surface area contributed by atoms with Gasteiger partial charge in [0.15, 0.2) is 0 Å². The summed E-state index contributed by atoms with van der Waals surface area (Å²) in [5.41, 5.74) is 6.52. The van der Waals surface area contributed by atoms with E-state index in [1.807, 2.05) is 30.3 Å². The van der Waals surface area contributed by atoms with E-state index in [9.17, 15) is 0 Å². The molecule has 2 rings (SSSR count). The summed E-state index contributed by atoms with van der Waals surface area (Å²) in [6.07, 6.45) is 0. The van der Waals surface area contributed by atoms with Gasteiger partial charge in [-0.05, 0) is 0 Å². The molecular weight excluding hydrogens is 266 g/mol. The fraction of sp³-hybridized carbons (Fsp3) is 0. The van der Waals surface area contributed by atoms with Crippen molar-refractivity contribution in [2.45, 2.75) is 0 Å². The van der Waals surface area contributed by atoms with Crippen LogP contribution in [-0.2, 0) is 10.4 Å². The maximum atomic E-state index is 8.74. The molecule has 1 aromatic carbocycles. The summed E-state index contributed by atoms with van der Waals surface area (Å²) in [7, 11) is -4.67. The van der Waals surface area contributed by atoms with Crippen molar-refractivity contribution in [2.75, 3.05) is 5.73 Å². The SMILES string of the molecule is Nc1nnc(-c2ccccc2)s1.O=S(=O)(O)O. The normalized spacial score (nSPS) is 10.5. The molecule has 9 heteroatoms. The lowest BCUT2D eigenvalue weighted by Gasteiger charge is -1.90. The predicted molar refractivity (Wildman–Crippen MR) is 63.9 cm³/mol. The molecule has 7 nitrogen and oxygen atoms in total. The van der Waals surface area contributed by atoms with Gasteiger partial charge in [-0.1, -0.05) is 41.7 Å². The second kappa shape index (κ2) is 5.68. The lowest BCUT2D eigenvalue weighted by atomic mass is 10.2. The zero-order chi connectivity index (χ0) is 12.9. The first-order valence-electron chi connectivity index (χ1n) is 4.20. The summed E-state index contributed by atoms with van der Waals surface area (Å²) in [6.45, 7) is 0. The molecule has 92 valence electrons. The lowest BCUT2D eigenvalue weighted by Crippen LogP contribution is -1.89.